The number of nitrogens with zero attached hydrogens (tertiary/aromatic N) is 2. The molecule has 2 atom stereocenters. The standard InChI is InChI=1S/C31H46N6O10S.CH4/c1-17-15-22(43-10)18(2)19(3)24(17)47-48(42)37-27(36-29(41)46-31(7,8)9)32-14-12-13-20(35-28(40)45-30(4,5)6)23(38)25-33-16-21(34-25)26(39)44-11;/h15-16,20H,12-14H2,1-11H3,(H,33,34)(H,35,40)(H2,32,36,37,41);1H4. The number of rotatable bonds is 12. The van der Waals surface area contributed by atoms with Gasteiger partial charge < -0.3 is 33.4 Å². The van der Waals surface area contributed by atoms with Crippen molar-refractivity contribution < 1.29 is 46.5 Å². The van der Waals surface area contributed by atoms with Crippen LogP contribution in [-0.4, -0.2) is 82.1 Å². The van der Waals surface area contributed by atoms with Gasteiger partial charge in [-0.1, -0.05) is 7.43 Å². The molecule has 1 heterocycles. The molecule has 49 heavy (non-hydrogen) atoms. The summed E-state index contributed by atoms with van der Waals surface area (Å²) in [7, 11) is 2.73. The van der Waals surface area contributed by atoms with Gasteiger partial charge in [-0.25, -0.2) is 24.1 Å². The fraction of sp³-hybridized carbons (Fsp3) is 0.562. The minimum absolute atomic E-state index is 0. The largest absolute Gasteiger partial charge is 0.496 e. The number of carbonyl (C=O) groups excluding carboxylic acids is 4. The van der Waals surface area contributed by atoms with Crippen molar-refractivity contribution in [2.75, 3.05) is 20.8 Å². The number of hydrogen-bond acceptors (Lipinski definition) is 12. The quantitative estimate of drug-likeness (QED) is 0.0590. The summed E-state index contributed by atoms with van der Waals surface area (Å²) in [6.07, 6.45) is -0.339. The van der Waals surface area contributed by atoms with Crippen LogP contribution in [0.2, 0.25) is 0 Å². The number of alkyl carbamates (subject to hydrolysis) is 2. The van der Waals surface area contributed by atoms with Crippen molar-refractivity contribution in [3.63, 3.8) is 0 Å². The molecule has 0 spiro atoms. The normalized spacial score (nSPS) is 12.8. The lowest BCUT2D eigenvalue weighted by atomic mass is 10.0. The molecule has 0 radical (unpaired) electrons. The van der Waals surface area contributed by atoms with Gasteiger partial charge in [-0.3, -0.25) is 15.1 Å². The van der Waals surface area contributed by atoms with Crippen LogP contribution in [0.5, 0.6) is 11.5 Å². The van der Waals surface area contributed by atoms with Crippen molar-refractivity contribution in [2.24, 2.45) is 4.99 Å². The molecule has 17 heteroatoms. The summed E-state index contributed by atoms with van der Waals surface area (Å²) < 4.78 is 42.0. The molecule has 2 unspecified atom stereocenters. The summed E-state index contributed by atoms with van der Waals surface area (Å²) in [5.41, 5.74) is 0.473. The lowest BCUT2D eigenvalue weighted by molar-refractivity contribution is 0.0485. The van der Waals surface area contributed by atoms with Gasteiger partial charge in [0, 0.05) is 6.54 Å². The van der Waals surface area contributed by atoms with E-state index in [1.807, 2.05) is 6.92 Å². The second kappa shape index (κ2) is 18.2. The fourth-order valence-corrected chi connectivity index (χ4v) is 4.79. The zero-order chi connectivity index (χ0) is 36.4. The third-order valence-corrected chi connectivity index (χ3v) is 6.98. The smallest absolute Gasteiger partial charge is 0.414 e. The Labute approximate surface area is 290 Å². The van der Waals surface area contributed by atoms with Gasteiger partial charge >= 0.3 is 29.4 Å². The molecule has 0 fully saturated rings. The minimum atomic E-state index is -2.21. The second-order valence-corrected chi connectivity index (χ2v) is 13.4. The number of H-pyrrole nitrogens is 1. The molecule has 0 aliphatic carbocycles. The zero-order valence-corrected chi connectivity index (χ0v) is 30.1. The SMILES string of the molecule is C.COC(=O)c1cnc(C(=O)C(CCCN=C(NC(=O)OC(C)(C)C)NS(=O)Oc2c(C)cc(OC)c(C)c2C)NC(=O)OC(C)(C)C)[nH]1. The van der Waals surface area contributed by atoms with Gasteiger partial charge in [0.25, 0.3) is 0 Å². The number of aryl methyl sites for hydroxylation is 1. The zero-order valence-electron chi connectivity index (χ0n) is 29.2. The van der Waals surface area contributed by atoms with Crippen LogP contribution >= 0.6 is 0 Å². The van der Waals surface area contributed by atoms with Gasteiger partial charge in [0.15, 0.2) is 5.82 Å². The second-order valence-electron chi connectivity index (χ2n) is 12.6. The molecule has 2 aromatic rings. The molecule has 0 saturated carbocycles. The van der Waals surface area contributed by atoms with Crippen molar-refractivity contribution in [3.8, 4) is 11.5 Å². The highest BCUT2D eigenvalue weighted by Crippen LogP contribution is 2.33. The Morgan fingerprint density at radius 1 is 0.980 bits per heavy atom. The number of imidazole rings is 1. The summed E-state index contributed by atoms with van der Waals surface area (Å²) in [6.45, 7) is 15.5. The minimum Gasteiger partial charge on any atom is -0.496 e. The molecule has 1 aromatic carbocycles. The number of aromatic amines is 1. The summed E-state index contributed by atoms with van der Waals surface area (Å²) in [4.78, 5) is 61.1. The Morgan fingerprint density at radius 3 is 2.16 bits per heavy atom. The number of aliphatic imine (C=N–C) groups is 1. The van der Waals surface area contributed by atoms with Crippen LogP contribution in [0.25, 0.3) is 0 Å². The molecular formula is C32H50N6O10S. The highest BCUT2D eigenvalue weighted by molar-refractivity contribution is 7.79. The van der Waals surface area contributed by atoms with Crippen LogP contribution < -0.4 is 24.3 Å². The number of Topliss-reactive ketones (excluding diaryl/α,β-unsaturated/α-hetero) is 1. The summed E-state index contributed by atoms with van der Waals surface area (Å²) in [6, 6.07) is 0.619. The first kappa shape index (κ1) is 42.4. The first-order valence-electron chi connectivity index (χ1n) is 15.0. The third kappa shape index (κ3) is 13.8. The van der Waals surface area contributed by atoms with E-state index < -0.39 is 52.4 Å². The van der Waals surface area contributed by atoms with E-state index in [0.717, 1.165) is 11.8 Å². The van der Waals surface area contributed by atoms with Crippen LogP contribution in [0.1, 0.15) is 99.6 Å². The molecular weight excluding hydrogens is 660 g/mol. The van der Waals surface area contributed by atoms with Crippen LogP contribution in [0.3, 0.4) is 0 Å². The average Bonchev–Trinajstić information content (AvgIpc) is 3.46. The van der Waals surface area contributed by atoms with Crippen LogP contribution in [-0.2, 0) is 25.5 Å². The van der Waals surface area contributed by atoms with Crippen molar-refractivity contribution >= 4 is 41.2 Å². The van der Waals surface area contributed by atoms with E-state index in [4.69, 9.17) is 18.4 Å². The Bertz CT molecular complexity index is 1540. The van der Waals surface area contributed by atoms with E-state index in [1.165, 1.54) is 7.11 Å². The van der Waals surface area contributed by atoms with E-state index in [0.29, 0.717) is 22.6 Å². The number of aromatic nitrogens is 2. The number of guanidine groups is 1. The van der Waals surface area contributed by atoms with Gasteiger partial charge in [-0.2, -0.15) is 4.21 Å². The summed E-state index contributed by atoms with van der Waals surface area (Å²) in [5, 5.41) is 4.97. The molecule has 2 amide bonds. The summed E-state index contributed by atoms with van der Waals surface area (Å²) in [5.74, 6) is -0.739. The van der Waals surface area contributed by atoms with Crippen LogP contribution in [0, 0.1) is 20.8 Å². The predicted octanol–water partition coefficient (Wildman–Crippen LogP) is 4.75. The van der Waals surface area contributed by atoms with E-state index in [-0.39, 0.29) is 44.3 Å². The average molecular weight is 711 g/mol. The van der Waals surface area contributed by atoms with E-state index >= 15 is 0 Å². The molecule has 0 bridgehead atoms. The Morgan fingerprint density at radius 2 is 1.59 bits per heavy atom. The lowest BCUT2D eigenvalue weighted by Gasteiger charge is -2.22. The highest BCUT2D eigenvalue weighted by Gasteiger charge is 2.28. The number of esters is 1. The van der Waals surface area contributed by atoms with Crippen molar-refractivity contribution in [2.45, 2.75) is 99.8 Å². The maximum absolute atomic E-state index is 13.3. The van der Waals surface area contributed by atoms with Gasteiger partial charge in [-0.05, 0) is 97.9 Å². The van der Waals surface area contributed by atoms with Crippen LogP contribution in [0.4, 0.5) is 9.59 Å². The Balaban J connectivity index is 0.0000120. The van der Waals surface area contributed by atoms with Crippen molar-refractivity contribution in [3.05, 3.63) is 40.5 Å². The van der Waals surface area contributed by atoms with Gasteiger partial charge in [0.1, 0.15) is 28.4 Å². The number of hydrogen-bond donors (Lipinski definition) is 4. The van der Waals surface area contributed by atoms with Crippen molar-refractivity contribution in [1.82, 2.24) is 25.3 Å². The van der Waals surface area contributed by atoms with E-state index in [2.05, 4.69) is 35.1 Å². The number of methoxy groups -OCH3 is 2. The molecule has 16 nitrogen and oxygen atoms in total. The number of carbonyl (C=O) groups is 4. The Kier molecular flexibility index (Phi) is 15.7. The molecule has 0 aliphatic rings. The fourth-order valence-electron chi connectivity index (χ4n) is 4.06. The molecule has 274 valence electrons. The molecule has 0 saturated heterocycles. The third-order valence-electron chi connectivity index (χ3n) is 6.30. The molecule has 1 aromatic heterocycles. The lowest BCUT2D eigenvalue weighted by Crippen LogP contribution is -2.45. The van der Waals surface area contributed by atoms with Gasteiger partial charge in [-0.15, -0.1) is 0 Å². The van der Waals surface area contributed by atoms with E-state index in [1.54, 1.807) is 68.6 Å². The van der Waals surface area contributed by atoms with Gasteiger partial charge in [0.2, 0.25) is 11.7 Å². The van der Waals surface area contributed by atoms with E-state index in [9.17, 15) is 23.4 Å². The maximum atomic E-state index is 13.3. The first-order chi connectivity index (χ1) is 22.2. The number of benzene rings is 1. The summed E-state index contributed by atoms with van der Waals surface area (Å²) >= 11 is -2.21. The molecule has 0 aliphatic heterocycles. The number of amides is 2. The predicted molar refractivity (Wildman–Crippen MR) is 184 cm³/mol. The number of nitrogens with one attached hydrogen (secondary N) is 4. The van der Waals surface area contributed by atoms with Crippen LogP contribution in [0.15, 0.2) is 17.3 Å². The molecule has 2 rings (SSSR count). The number of ketones is 1. The topological polar surface area (TPSA) is 209 Å². The van der Waals surface area contributed by atoms with Crippen molar-refractivity contribution in [1.29, 1.82) is 0 Å². The monoisotopic (exact) mass is 710 g/mol. The maximum Gasteiger partial charge on any atom is 0.414 e. The van der Waals surface area contributed by atoms with Gasteiger partial charge in [0.05, 0.1) is 26.5 Å². The Hall–Kier alpha value is -4.67. The number of ether oxygens (including phenoxy) is 4. The molecule has 4 N–H and O–H groups in total. The first-order valence-corrected chi connectivity index (χ1v) is 16.0. The highest BCUT2D eigenvalue weighted by atomic mass is 32.2.